The average molecular weight is 239 g/mol. The summed E-state index contributed by atoms with van der Waals surface area (Å²) in [5, 5.41) is 21.6. The minimum Gasteiger partial charge on any atom is -0.508 e. The van der Waals surface area contributed by atoms with Crippen molar-refractivity contribution in [1.82, 2.24) is 4.98 Å². The van der Waals surface area contributed by atoms with Crippen LogP contribution in [0.2, 0.25) is 0 Å². The first kappa shape index (κ1) is 11.9. The molecule has 0 radical (unpaired) electrons. The van der Waals surface area contributed by atoms with E-state index in [2.05, 4.69) is 16.4 Å². The van der Waals surface area contributed by atoms with Crippen LogP contribution in [0.4, 0.5) is 5.82 Å². The van der Waals surface area contributed by atoms with Gasteiger partial charge in [0.25, 0.3) is 0 Å². The molecule has 1 aromatic carbocycles. The number of aromatic nitrogens is 1. The van der Waals surface area contributed by atoms with Gasteiger partial charge in [0, 0.05) is 6.20 Å². The number of hydrogen-bond acceptors (Lipinski definition) is 4. The quantitative estimate of drug-likeness (QED) is 0.864. The fourth-order valence-electron chi connectivity index (χ4n) is 1.69. The molecule has 0 amide bonds. The summed E-state index contributed by atoms with van der Waals surface area (Å²) in [6, 6.07) is 12.5. The van der Waals surface area contributed by atoms with Crippen molar-refractivity contribution in [1.29, 1.82) is 5.26 Å². The molecule has 4 nitrogen and oxygen atoms in total. The molecular weight excluding hydrogens is 226 g/mol. The maximum absolute atomic E-state index is 9.43. The molecule has 0 saturated carbocycles. The standard InChI is InChI=1S/C14H13N3O/c1-10(11-4-2-6-13(18)8-11)17-14-12(9-15)5-3-7-16-14/h2-8,10,18H,1H3,(H,16,17). The number of rotatable bonds is 3. The number of aromatic hydroxyl groups is 1. The first-order chi connectivity index (χ1) is 8.70. The Labute approximate surface area is 106 Å². The lowest BCUT2D eigenvalue weighted by atomic mass is 10.1. The fourth-order valence-corrected chi connectivity index (χ4v) is 1.69. The molecule has 1 unspecified atom stereocenters. The summed E-state index contributed by atoms with van der Waals surface area (Å²) < 4.78 is 0. The number of anilines is 1. The predicted octanol–water partition coefficient (Wildman–Crippen LogP) is 2.83. The molecule has 2 N–H and O–H groups in total. The first-order valence-corrected chi connectivity index (χ1v) is 5.61. The molecular formula is C14H13N3O. The predicted molar refractivity (Wildman–Crippen MR) is 69.1 cm³/mol. The van der Waals surface area contributed by atoms with Crippen LogP contribution < -0.4 is 5.32 Å². The zero-order valence-electron chi connectivity index (χ0n) is 9.96. The molecule has 0 fully saturated rings. The van der Waals surface area contributed by atoms with E-state index in [0.717, 1.165) is 5.56 Å². The lowest BCUT2D eigenvalue weighted by Crippen LogP contribution is -2.09. The van der Waals surface area contributed by atoms with E-state index in [9.17, 15) is 5.11 Å². The average Bonchev–Trinajstić information content (AvgIpc) is 2.39. The number of nitrogens with one attached hydrogen (secondary N) is 1. The van der Waals surface area contributed by atoms with E-state index in [0.29, 0.717) is 11.4 Å². The molecule has 0 spiro atoms. The van der Waals surface area contributed by atoms with Crippen LogP contribution in [0.1, 0.15) is 24.1 Å². The molecule has 0 saturated heterocycles. The normalized spacial score (nSPS) is 11.6. The Bertz CT molecular complexity index is 590. The Morgan fingerprint density at radius 1 is 1.33 bits per heavy atom. The number of benzene rings is 1. The smallest absolute Gasteiger partial charge is 0.144 e. The molecule has 90 valence electrons. The minimum atomic E-state index is -0.0425. The Balaban J connectivity index is 2.22. The molecule has 0 aliphatic carbocycles. The van der Waals surface area contributed by atoms with Gasteiger partial charge in [0.1, 0.15) is 17.6 Å². The highest BCUT2D eigenvalue weighted by molar-refractivity contribution is 5.52. The van der Waals surface area contributed by atoms with Crippen molar-refractivity contribution in [3.05, 3.63) is 53.7 Å². The topological polar surface area (TPSA) is 68.9 Å². The van der Waals surface area contributed by atoms with E-state index >= 15 is 0 Å². The lowest BCUT2D eigenvalue weighted by Gasteiger charge is -2.15. The van der Waals surface area contributed by atoms with E-state index in [4.69, 9.17) is 5.26 Å². The van der Waals surface area contributed by atoms with Crippen LogP contribution >= 0.6 is 0 Å². The second-order valence-electron chi connectivity index (χ2n) is 3.97. The van der Waals surface area contributed by atoms with Crippen LogP contribution in [0, 0.1) is 11.3 Å². The van der Waals surface area contributed by atoms with Crippen LogP contribution in [0.25, 0.3) is 0 Å². The van der Waals surface area contributed by atoms with Gasteiger partial charge in [-0.15, -0.1) is 0 Å². The number of pyridine rings is 1. The molecule has 4 heteroatoms. The van der Waals surface area contributed by atoms with Crippen LogP contribution in [0.3, 0.4) is 0 Å². The summed E-state index contributed by atoms with van der Waals surface area (Å²) in [5.41, 5.74) is 1.44. The van der Waals surface area contributed by atoms with Gasteiger partial charge >= 0.3 is 0 Å². The van der Waals surface area contributed by atoms with Gasteiger partial charge < -0.3 is 10.4 Å². The maximum atomic E-state index is 9.43. The lowest BCUT2D eigenvalue weighted by molar-refractivity contribution is 0.474. The Kier molecular flexibility index (Phi) is 3.44. The van der Waals surface area contributed by atoms with Gasteiger partial charge in [-0.25, -0.2) is 4.98 Å². The van der Waals surface area contributed by atoms with Gasteiger partial charge in [-0.05, 0) is 36.8 Å². The number of phenolic OH excluding ortho intramolecular Hbond substituents is 1. The summed E-state index contributed by atoms with van der Waals surface area (Å²) in [4.78, 5) is 4.14. The first-order valence-electron chi connectivity index (χ1n) is 5.61. The van der Waals surface area contributed by atoms with E-state index in [1.165, 1.54) is 0 Å². The molecule has 0 aliphatic heterocycles. The third-order valence-electron chi connectivity index (χ3n) is 2.65. The zero-order valence-corrected chi connectivity index (χ0v) is 9.96. The molecule has 1 atom stereocenters. The molecule has 0 aliphatic rings. The third kappa shape index (κ3) is 2.58. The highest BCUT2D eigenvalue weighted by Crippen LogP contribution is 2.22. The number of nitriles is 1. The molecule has 1 heterocycles. The number of phenols is 1. The monoisotopic (exact) mass is 239 g/mol. The summed E-state index contributed by atoms with van der Waals surface area (Å²) in [6.07, 6.45) is 1.64. The summed E-state index contributed by atoms with van der Waals surface area (Å²) in [5.74, 6) is 0.776. The summed E-state index contributed by atoms with van der Waals surface area (Å²) >= 11 is 0. The highest BCUT2D eigenvalue weighted by Gasteiger charge is 2.09. The van der Waals surface area contributed by atoms with Gasteiger partial charge in [-0.2, -0.15) is 5.26 Å². The van der Waals surface area contributed by atoms with Crippen molar-refractivity contribution >= 4 is 5.82 Å². The Hall–Kier alpha value is -2.54. The molecule has 2 rings (SSSR count). The second kappa shape index (κ2) is 5.19. The van der Waals surface area contributed by atoms with Crippen LogP contribution in [0.15, 0.2) is 42.6 Å². The van der Waals surface area contributed by atoms with E-state index < -0.39 is 0 Å². The van der Waals surface area contributed by atoms with Crippen LogP contribution in [0.5, 0.6) is 5.75 Å². The van der Waals surface area contributed by atoms with Crippen molar-refractivity contribution in [3.8, 4) is 11.8 Å². The minimum absolute atomic E-state index is 0.0425. The van der Waals surface area contributed by atoms with Crippen molar-refractivity contribution in [2.45, 2.75) is 13.0 Å². The summed E-state index contributed by atoms with van der Waals surface area (Å²) in [6.45, 7) is 1.95. The zero-order chi connectivity index (χ0) is 13.0. The van der Waals surface area contributed by atoms with Crippen molar-refractivity contribution in [3.63, 3.8) is 0 Å². The Morgan fingerprint density at radius 3 is 2.89 bits per heavy atom. The van der Waals surface area contributed by atoms with Crippen molar-refractivity contribution in [2.24, 2.45) is 0 Å². The Morgan fingerprint density at radius 2 is 2.17 bits per heavy atom. The number of nitrogens with zero attached hydrogens (tertiary/aromatic N) is 2. The fraction of sp³-hybridized carbons (Fsp3) is 0.143. The van der Waals surface area contributed by atoms with Gasteiger partial charge in [0.15, 0.2) is 0 Å². The van der Waals surface area contributed by atoms with E-state index in [-0.39, 0.29) is 11.8 Å². The van der Waals surface area contributed by atoms with Gasteiger partial charge in [-0.3, -0.25) is 0 Å². The highest BCUT2D eigenvalue weighted by atomic mass is 16.3. The van der Waals surface area contributed by atoms with Crippen molar-refractivity contribution < 1.29 is 5.11 Å². The molecule has 1 aromatic heterocycles. The van der Waals surface area contributed by atoms with E-state index in [1.54, 1.807) is 36.5 Å². The van der Waals surface area contributed by atoms with Crippen molar-refractivity contribution in [2.75, 3.05) is 5.32 Å². The molecule has 18 heavy (non-hydrogen) atoms. The van der Waals surface area contributed by atoms with E-state index in [1.807, 2.05) is 13.0 Å². The molecule has 2 aromatic rings. The van der Waals surface area contributed by atoms with Crippen LogP contribution in [-0.2, 0) is 0 Å². The third-order valence-corrected chi connectivity index (χ3v) is 2.65. The maximum Gasteiger partial charge on any atom is 0.144 e. The largest absolute Gasteiger partial charge is 0.508 e. The molecule has 0 bridgehead atoms. The van der Waals surface area contributed by atoms with Gasteiger partial charge in [0.2, 0.25) is 0 Å². The number of hydrogen-bond donors (Lipinski definition) is 2. The van der Waals surface area contributed by atoms with Crippen LogP contribution in [-0.4, -0.2) is 10.1 Å². The van der Waals surface area contributed by atoms with Gasteiger partial charge in [0.05, 0.1) is 11.6 Å². The summed E-state index contributed by atoms with van der Waals surface area (Å²) in [7, 11) is 0. The SMILES string of the molecule is CC(Nc1ncccc1C#N)c1cccc(O)c1. The van der Waals surface area contributed by atoms with Gasteiger partial charge in [-0.1, -0.05) is 12.1 Å². The second-order valence-corrected chi connectivity index (χ2v) is 3.97.